The molecule has 11 nitrogen and oxygen atoms in total. The van der Waals surface area contributed by atoms with Gasteiger partial charge in [0.15, 0.2) is 0 Å². The van der Waals surface area contributed by atoms with Crippen LogP contribution in [0.15, 0.2) is 54.1 Å². The number of nitrogens with zero attached hydrogens (tertiary/aromatic N) is 2. The van der Waals surface area contributed by atoms with E-state index in [0.717, 1.165) is 22.9 Å². The number of aliphatic hydroxyl groups excluding tert-OH is 1. The minimum atomic E-state index is -1.19. The molecule has 1 aromatic heterocycles. The van der Waals surface area contributed by atoms with E-state index in [2.05, 4.69) is 15.9 Å². The third-order valence-corrected chi connectivity index (χ3v) is 8.13. The number of pyridine rings is 1. The van der Waals surface area contributed by atoms with Gasteiger partial charge in [-0.3, -0.25) is 14.4 Å². The highest BCUT2D eigenvalue weighted by molar-refractivity contribution is 9.09. The lowest BCUT2D eigenvalue weighted by molar-refractivity contribution is -0.168. The normalized spacial score (nSPS) is 20.3. The van der Waals surface area contributed by atoms with Crippen LogP contribution in [-0.4, -0.2) is 76.2 Å². The summed E-state index contributed by atoms with van der Waals surface area (Å²) in [5.41, 5.74) is 3.65. The number of cyclic esters (lactones) is 1. The zero-order valence-corrected chi connectivity index (χ0v) is 29.8. The Labute approximate surface area is 290 Å². The van der Waals surface area contributed by atoms with Gasteiger partial charge in [0.25, 0.3) is 5.91 Å². The molecule has 0 saturated carbocycles. The molecule has 0 radical (unpaired) electrons. The fraction of sp³-hybridized carbons (Fsp3) is 0.472. The molecule has 6 rings (SSSR count). The Hall–Kier alpha value is -3.87. The summed E-state index contributed by atoms with van der Waals surface area (Å²) in [6, 6.07) is 7.49. The maximum Gasteiger partial charge on any atom is 0.348 e. The third kappa shape index (κ3) is 9.39. The molecule has 1 amide bonds. The monoisotopic (exact) mass is 728 g/mol. The molecule has 4 aliphatic rings. The van der Waals surface area contributed by atoms with Crippen molar-refractivity contribution in [1.29, 1.82) is 0 Å². The molecule has 0 fully saturated rings. The Morgan fingerprint density at radius 3 is 2.52 bits per heavy atom. The number of esters is 3. The van der Waals surface area contributed by atoms with Gasteiger partial charge in [0, 0.05) is 35.5 Å². The molecule has 0 saturated heterocycles. The van der Waals surface area contributed by atoms with E-state index in [9.17, 15) is 24.3 Å². The summed E-state index contributed by atoms with van der Waals surface area (Å²) in [4.78, 5) is 55.1. The molecule has 4 aliphatic heterocycles. The molecule has 2 aromatic rings. The standard InChI is InChI=1S/C24H21BrN2O6.C8H12O3.2C2H6/c25-7-3-6-20(29)33-22-13-8-14(12-32-24(22)31)23(30)27-10-16-17(11-28)15-4-1-2-5-18(15)26-21(16)19(27)9-13;1-7(9)11-6-8-4-2-3-5-10-8;2*1-2/h1-2,4-5,8-9,13,22,28H,3,6-7,10-12H2;2-3,8H,4-6H2,1H3;2*1-2H3. The molecule has 1 N–H and O–H groups in total. The number of rotatable bonds is 7. The number of amides is 1. The molecule has 48 heavy (non-hydrogen) atoms. The second-order valence-corrected chi connectivity index (χ2v) is 11.4. The van der Waals surface area contributed by atoms with E-state index in [1.807, 2.05) is 64.1 Å². The number of ether oxygens (including phenoxy) is 4. The van der Waals surface area contributed by atoms with E-state index in [1.165, 1.54) is 6.92 Å². The molecule has 3 atom stereocenters. The number of fused-ring (bicyclic) bond motifs is 5. The largest absolute Gasteiger partial charge is 0.463 e. The van der Waals surface area contributed by atoms with Crippen molar-refractivity contribution in [3.63, 3.8) is 0 Å². The van der Waals surface area contributed by atoms with Crippen LogP contribution in [0.25, 0.3) is 16.6 Å². The van der Waals surface area contributed by atoms with Crippen molar-refractivity contribution >= 4 is 56.3 Å². The predicted octanol–water partition coefficient (Wildman–Crippen LogP) is 5.56. The van der Waals surface area contributed by atoms with Gasteiger partial charge < -0.3 is 29.0 Å². The number of halogens is 1. The second kappa shape index (κ2) is 19.2. The van der Waals surface area contributed by atoms with Crippen LogP contribution in [0.3, 0.4) is 0 Å². The van der Waals surface area contributed by atoms with Crippen molar-refractivity contribution in [3.05, 3.63) is 71.0 Å². The van der Waals surface area contributed by atoms with Crippen LogP contribution in [0.1, 0.15) is 70.7 Å². The summed E-state index contributed by atoms with van der Waals surface area (Å²) >= 11 is 3.28. The van der Waals surface area contributed by atoms with Crippen LogP contribution < -0.4 is 0 Å². The molecule has 0 spiro atoms. The summed E-state index contributed by atoms with van der Waals surface area (Å²) in [7, 11) is 0. The van der Waals surface area contributed by atoms with Gasteiger partial charge in [-0.05, 0) is 30.5 Å². The number of benzene rings is 1. The quantitative estimate of drug-likeness (QED) is 0.167. The number of aliphatic hydroxyl groups is 1. The first-order chi connectivity index (χ1) is 23.3. The zero-order valence-electron chi connectivity index (χ0n) is 28.2. The number of hydrogen-bond acceptors (Lipinski definition) is 10. The van der Waals surface area contributed by atoms with Gasteiger partial charge in [0.1, 0.15) is 13.2 Å². The molecule has 3 unspecified atom stereocenters. The Balaban J connectivity index is 0.000000351. The molecule has 5 heterocycles. The third-order valence-electron chi connectivity index (χ3n) is 7.57. The Morgan fingerprint density at radius 1 is 1.10 bits per heavy atom. The zero-order chi connectivity index (χ0) is 35.2. The summed E-state index contributed by atoms with van der Waals surface area (Å²) in [5.74, 6) is -2.41. The van der Waals surface area contributed by atoms with E-state index in [0.29, 0.717) is 47.4 Å². The molecule has 260 valence electrons. The summed E-state index contributed by atoms with van der Waals surface area (Å²) < 4.78 is 20.8. The average Bonchev–Trinajstić information content (AvgIpc) is 3.32. The number of carbonyl (C=O) groups is 4. The molecule has 12 heteroatoms. The van der Waals surface area contributed by atoms with Gasteiger partial charge in [0.05, 0.1) is 48.3 Å². The van der Waals surface area contributed by atoms with E-state index in [4.69, 9.17) is 23.9 Å². The molecular weight excluding hydrogens is 684 g/mol. The van der Waals surface area contributed by atoms with E-state index in [1.54, 1.807) is 17.1 Å². The average molecular weight is 730 g/mol. The summed E-state index contributed by atoms with van der Waals surface area (Å²) in [6.45, 7) is 10.3. The lowest BCUT2D eigenvalue weighted by atomic mass is 9.97. The van der Waals surface area contributed by atoms with Gasteiger partial charge >= 0.3 is 17.9 Å². The van der Waals surface area contributed by atoms with Crippen molar-refractivity contribution in [3.8, 4) is 0 Å². The fourth-order valence-electron chi connectivity index (χ4n) is 5.42. The lowest BCUT2D eigenvalue weighted by Crippen LogP contribution is -2.34. The van der Waals surface area contributed by atoms with Crippen LogP contribution in [0, 0.1) is 5.92 Å². The van der Waals surface area contributed by atoms with Crippen molar-refractivity contribution in [2.45, 2.75) is 79.2 Å². The van der Waals surface area contributed by atoms with Gasteiger partial charge in [-0.1, -0.05) is 80.1 Å². The lowest BCUT2D eigenvalue weighted by Gasteiger charge is -2.22. The molecular formula is C36H45BrN2O9. The second-order valence-electron chi connectivity index (χ2n) is 10.6. The number of para-hydroxylation sites is 1. The van der Waals surface area contributed by atoms with Gasteiger partial charge in [-0.2, -0.15) is 0 Å². The number of carbonyl (C=O) groups excluding carboxylic acids is 4. The van der Waals surface area contributed by atoms with E-state index in [-0.39, 0.29) is 44.2 Å². The fourth-order valence-corrected chi connectivity index (χ4v) is 5.70. The molecule has 0 aliphatic carbocycles. The van der Waals surface area contributed by atoms with Crippen molar-refractivity contribution in [2.24, 2.45) is 5.92 Å². The maximum atomic E-state index is 13.4. The van der Waals surface area contributed by atoms with Crippen LogP contribution >= 0.6 is 15.9 Å². The van der Waals surface area contributed by atoms with Crippen LogP contribution in [0.4, 0.5) is 0 Å². The summed E-state index contributed by atoms with van der Waals surface area (Å²) in [5, 5.41) is 11.6. The van der Waals surface area contributed by atoms with Crippen molar-refractivity contribution in [2.75, 3.05) is 25.2 Å². The van der Waals surface area contributed by atoms with Gasteiger partial charge in [0.2, 0.25) is 6.10 Å². The smallest absolute Gasteiger partial charge is 0.348 e. The Morgan fingerprint density at radius 2 is 1.85 bits per heavy atom. The van der Waals surface area contributed by atoms with Gasteiger partial charge in [-0.25, -0.2) is 9.78 Å². The van der Waals surface area contributed by atoms with Gasteiger partial charge in [-0.15, -0.1) is 0 Å². The molecule has 1 aromatic carbocycles. The summed E-state index contributed by atoms with van der Waals surface area (Å²) in [6.07, 6.45) is 7.85. The minimum absolute atomic E-state index is 0.0592. The SMILES string of the molecule is CC.CC.CC(=O)OCC1CC=CCO1.O=C(CCCBr)OC1C(=O)OCC2=CC1C=C1c3nc4ccccc4c(CO)c3CN1C2=O. The first kappa shape index (κ1) is 38.6. The highest BCUT2D eigenvalue weighted by Crippen LogP contribution is 2.41. The van der Waals surface area contributed by atoms with Crippen molar-refractivity contribution in [1.82, 2.24) is 9.88 Å². The number of alkyl halides is 1. The van der Waals surface area contributed by atoms with Crippen LogP contribution in [0.2, 0.25) is 0 Å². The first-order valence-corrected chi connectivity index (χ1v) is 17.5. The van der Waals surface area contributed by atoms with Crippen LogP contribution in [-0.2, 0) is 51.3 Å². The minimum Gasteiger partial charge on any atom is -0.463 e. The topological polar surface area (TPSA) is 142 Å². The number of aromatic nitrogens is 1. The number of hydrogen-bond donors (Lipinski definition) is 1. The van der Waals surface area contributed by atoms with E-state index >= 15 is 0 Å². The maximum absolute atomic E-state index is 13.4. The first-order valence-electron chi connectivity index (χ1n) is 16.4. The van der Waals surface area contributed by atoms with E-state index < -0.39 is 24.0 Å². The Bertz CT molecular complexity index is 1550. The highest BCUT2D eigenvalue weighted by atomic mass is 79.9. The highest BCUT2D eigenvalue weighted by Gasteiger charge is 2.42. The molecule has 2 bridgehead atoms. The van der Waals surface area contributed by atoms with Crippen LogP contribution in [0.5, 0.6) is 0 Å². The Kier molecular flexibility index (Phi) is 15.4. The predicted molar refractivity (Wildman–Crippen MR) is 184 cm³/mol. The van der Waals surface area contributed by atoms with Crippen molar-refractivity contribution < 1.29 is 43.2 Å².